The van der Waals surface area contributed by atoms with Crippen molar-refractivity contribution in [2.24, 2.45) is 0 Å². The zero-order valence-corrected chi connectivity index (χ0v) is 10.7. The van der Waals surface area contributed by atoms with Gasteiger partial charge in [-0.25, -0.2) is 4.79 Å². The highest BCUT2D eigenvalue weighted by Crippen LogP contribution is 2.12. The van der Waals surface area contributed by atoms with Crippen LogP contribution in [0.2, 0.25) is 0 Å². The molecule has 0 aromatic rings. The number of carboxylic acids is 1. The van der Waals surface area contributed by atoms with Crippen molar-refractivity contribution in [1.29, 1.82) is 0 Å². The maximum atomic E-state index is 11.7. The van der Waals surface area contributed by atoms with Gasteiger partial charge < -0.3 is 14.9 Å². The van der Waals surface area contributed by atoms with Crippen LogP contribution in [-0.4, -0.2) is 66.0 Å². The first-order chi connectivity index (χ1) is 8.40. The number of likely N-dealkylation sites (tertiary alicyclic amines) is 1. The number of carbonyl (C=O) groups is 3. The standard InChI is InChI=1S/C11H19N3O4/c1-13(2)8-5-6-14(7-8)11(18)12-9(15)3-4-10(16)17/h8H,3-7H2,1-2H3,(H,16,17)(H,12,15,18). The van der Waals surface area contributed by atoms with Crippen LogP contribution in [0.1, 0.15) is 19.3 Å². The van der Waals surface area contributed by atoms with Gasteiger partial charge >= 0.3 is 12.0 Å². The monoisotopic (exact) mass is 257 g/mol. The zero-order valence-electron chi connectivity index (χ0n) is 10.7. The first-order valence-corrected chi connectivity index (χ1v) is 5.87. The molecule has 1 atom stereocenters. The highest BCUT2D eigenvalue weighted by Gasteiger charge is 2.28. The summed E-state index contributed by atoms with van der Waals surface area (Å²) >= 11 is 0. The molecule has 1 rings (SSSR count). The SMILES string of the molecule is CN(C)C1CCN(C(=O)NC(=O)CCC(=O)O)C1. The number of urea groups is 1. The topological polar surface area (TPSA) is 90.0 Å². The molecule has 1 heterocycles. The third-order valence-corrected chi connectivity index (χ3v) is 2.99. The first-order valence-electron chi connectivity index (χ1n) is 5.87. The Labute approximate surface area is 106 Å². The summed E-state index contributed by atoms with van der Waals surface area (Å²) in [4.78, 5) is 36.9. The average molecular weight is 257 g/mol. The van der Waals surface area contributed by atoms with Crippen molar-refractivity contribution in [2.75, 3.05) is 27.2 Å². The van der Waals surface area contributed by atoms with E-state index in [1.807, 2.05) is 19.0 Å². The molecule has 3 amide bonds. The van der Waals surface area contributed by atoms with Gasteiger partial charge in [0.2, 0.25) is 5.91 Å². The Bertz CT molecular complexity index is 343. The number of aliphatic carboxylic acids is 1. The van der Waals surface area contributed by atoms with E-state index >= 15 is 0 Å². The lowest BCUT2D eigenvalue weighted by Gasteiger charge is -2.20. The van der Waals surface area contributed by atoms with E-state index in [9.17, 15) is 14.4 Å². The molecule has 1 aliphatic heterocycles. The summed E-state index contributed by atoms with van der Waals surface area (Å²) in [5.74, 6) is -1.60. The Morgan fingerprint density at radius 3 is 2.50 bits per heavy atom. The van der Waals surface area contributed by atoms with Crippen LogP contribution >= 0.6 is 0 Å². The number of carboxylic acid groups (broad SMARTS) is 1. The molecule has 0 aromatic carbocycles. The second-order valence-electron chi connectivity index (χ2n) is 4.60. The summed E-state index contributed by atoms with van der Waals surface area (Å²) < 4.78 is 0. The molecule has 2 N–H and O–H groups in total. The number of amides is 3. The van der Waals surface area contributed by atoms with Gasteiger partial charge in [-0.3, -0.25) is 14.9 Å². The molecule has 0 saturated carbocycles. The van der Waals surface area contributed by atoms with Gasteiger partial charge in [-0.05, 0) is 20.5 Å². The maximum Gasteiger partial charge on any atom is 0.324 e. The Balaban J connectivity index is 2.33. The summed E-state index contributed by atoms with van der Waals surface area (Å²) in [6, 6.07) is -0.125. The Morgan fingerprint density at radius 1 is 1.33 bits per heavy atom. The third-order valence-electron chi connectivity index (χ3n) is 2.99. The van der Waals surface area contributed by atoms with Gasteiger partial charge in [-0.15, -0.1) is 0 Å². The van der Waals surface area contributed by atoms with Crippen molar-refractivity contribution in [1.82, 2.24) is 15.1 Å². The fourth-order valence-corrected chi connectivity index (χ4v) is 1.83. The lowest BCUT2D eigenvalue weighted by Crippen LogP contribution is -2.43. The summed E-state index contributed by atoms with van der Waals surface area (Å²) in [5, 5.41) is 10.6. The molecule has 0 radical (unpaired) electrons. The molecule has 0 spiro atoms. The van der Waals surface area contributed by atoms with Gasteiger partial charge in [0, 0.05) is 25.6 Å². The predicted molar refractivity (Wildman–Crippen MR) is 64.1 cm³/mol. The molecule has 1 saturated heterocycles. The Morgan fingerprint density at radius 2 is 2.00 bits per heavy atom. The number of rotatable bonds is 4. The molecule has 7 heteroatoms. The molecule has 0 bridgehead atoms. The van der Waals surface area contributed by atoms with Gasteiger partial charge in [-0.1, -0.05) is 0 Å². The minimum atomic E-state index is -1.05. The fourth-order valence-electron chi connectivity index (χ4n) is 1.83. The highest BCUT2D eigenvalue weighted by molar-refractivity contribution is 5.95. The van der Waals surface area contributed by atoms with Crippen molar-refractivity contribution in [2.45, 2.75) is 25.3 Å². The van der Waals surface area contributed by atoms with E-state index in [2.05, 4.69) is 5.32 Å². The highest BCUT2D eigenvalue weighted by atomic mass is 16.4. The predicted octanol–water partition coefficient (Wildman–Crippen LogP) is -0.277. The molecule has 1 aliphatic rings. The quantitative estimate of drug-likeness (QED) is 0.723. The Hall–Kier alpha value is -1.63. The summed E-state index contributed by atoms with van der Waals surface area (Å²) in [6.07, 6.45) is 0.440. The van der Waals surface area contributed by atoms with Crippen LogP contribution in [0, 0.1) is 0 Å². The van der Waals surface area contributed by atoms with Crippen LogP contribution in [-0.2, 0) is 9.59 Å². The van der Waals surface area contributed by atoms with Crippen LogP contribution in [0.15, 0.2) is 0 Å². The molecular formula is C11H19N3O4. The van der Waals surface area contributed by atoms with E-state index < -0.39 is 17.9 Å². The van der Waals surface area contributed by atoms with Crippen LogP contribution in [0.3, 0.4) is 0 Å². The first kappa shape index (κ1) is 14.4. The summed E-state index contributed by atoms with van der Waals surface area (Å²) in [6.45, 7) is 1.20. The number of hydrogen-bond donors (Lipinski definition) is 2. The molecule has 1 fully saturated rings. The van der Waals surface area contributed by atoms with Crippen molar-refractivity contribution >= 4 is 17.9 Å². The van der Waals surface area contributed by atoms with Crippen molar-refractivity contribution < 1.29 is 19.5 Å². The number of likely N-dealkylation sites (N-methyl/N-ethyl adjacent to an activating group) is 1. The normalized spacial score (nSPS) is 19.1. The number of nitrogens with zero attached hydrogens (tertiary/aromatic N) is 2. The second kappa shape index (κ2) is 6.34. The van der Waals surface area contributed by atoms with E-state index in [1.165, 1.54) is 0 Å². The van der Waals surface area contributed by atoms with E-state index in [1.54, 1.807) is 4.90 Å². The van der Waals surface area contributed by atoms with E-state index in [0.29, 0.717) is 19.1 Å². The molecule has 7 nitrogen and oxygen atoms in total. The second-order valence-corrected chi connectivity index (χ2v) is 4.60. The van der Waals surface area contributed by atoms with Crippen LogP contribution in [0.4, 0.5) is 4.79 Å². The molecule has 0 aliphatic carbocycles. The molecular weight excluding hydrogens is 238 g/mol. The van der Waals surface area contributed by atoms with Crippen LogP contribution in [0.5, 0.6) is 0 Å². The van der Waals surface area contributed by atoms with E-state index in [0.717, 1.165) is 6.42 Å². The smallest absolute Gasteiger partial charge is 0.324 e. The van der Waals surface area contributed by atoms with Gasteiger partial charge in [0.05, 0.1) is 6.42 Å². The maximum absolute atomic E-state index is 11.7. The summed E-state index contributed by atoms with van der Waals surface area (Å²) in [5.41, 5.74) is 0. The van der Waals surface area contributed by atoms with E-state index in [4.69, 9.17) is 5.11 Å². The van der Waals surface area contributed by atoms with Crippen molar-refractivity contribution in [3.63, 3.8) is 0 Å². The number of imide groups is 1. The average Bonchev–Trinajstić information content (AvgIpc) is 2.75. The van der Waals surface area contributed by atoms with Gasteiger partial charge in [0.25, 0.3) is 0 Å². The lowest BCUT2D eigenvalue weighted by molar-refractivity contribution is -0.138. The minimum Gasteiger partial charge on any atom is -0.481 e. The number of carbonyl (C=O) groups excluding carboxylic acids is 2. The minimum absolute atomic E-state index is 0.175. The van der Waals surface area contributed by atoms with Gasteiger partial charge in [0.1, 0.15) is 0 Å². The van der Waals surface area contributed by atoms with Gasteiger partial charge in [0.15, 0.2) is 0 Å². The third kappa shape index (κ3) is 4.33. The molecule has 0 aromatic heterocycles. The van der Waals surface area contributed by atoms with Crippen molar-refractivity contribution in [3.8, 4) is 0 Å². The molecule has 1 unspecified atom stereocenters. The molecule has 18 heavy (non-hydrogen) atoms. The molecule has 102 valence electrons. The number of nitrogens with one attached hydrogen (secondary N) is 1. The van der Waals surface area contributed by atoms with E-state index in [-0.39, 0.29) is 12.8 Å². The zero-order chi connectivity index (χ0) is 13.7. The van der Waals surface area contributed by atoms with Crippen LogP contribution in [0.25, 0.3) is 0 Å². The lowest BCUT2D eigenvalue weighted by atomic mass is 10.2. The summed E-state index contributed by atoms with van der Waals surface area (Å²) in [7, 11) is 3.90. The Kier molecular flexibility index (Phi) is 5.08. The van der Waals surface area contributed by atoms with Crippen LogP contribution < -0.4 is 5.32 Å². The van der Waals surface area contributed by atoms with Gasteiger partial charge in [-0.2, -0.15) is 0 Å². The van der Waals surface area contributed by atoms with Crippen molar-refractivity contribution in [3.05, 3.63) is 0 Å². The largest absolute Gasteiger partial charge is 0.481 e. The fraction of sp³-hybridized carbons (Fsp3) is 0.727. The number of hydrogen-bond acceptors (Lipinski definition) is 4.